The van der Waals surface area contributed by atoms with Crippen molar-refractivity contribution in [1.82, 2.24) is 5.32 Å². The van der Waals surface area contributed by atoms with Crippen LogP contribution in [0.1, 0.15) is 6.42 Å². The van der Waals surface area contributed by atoms with Crippen LogP contribution in [0.4, 0.5) is 0 Å². The van der Waals surface area contributed by atoms with Gasteiger partial charge in [-0.15, -0.1) is 0 Å². The summed E-state index contributed by atoms with van der Waals surface area (Å²) in [5.74, 6) is 1.06. The van der Waals surface area contributed by atoms with Crippen molar-refractivity contribution in [3.8, 4) is 0 Å². The highest BCUT2D eigenvalue weighted by molar-refractivity contribution is 7.98. The molecule has 0 fully saturated rings. The number of nitrogens with one attached hydrogen (secondary N) is 1. The van der Waals surface area contributed by atoms with Crippen molar-refractivity contribution in [1.29, 1.82) is 0 Å². The molecule has 0 aliphatic rings. The maximum absolute atomic E-state index is 10.8. The molecule has 0 atom stereocenters. The van der Waals surface area contributed by atoms with Crippen LogP contribution in [0.25, 0.3) is 0 Å². The molecule has 4 heteroatoms. The zero-order chi connectivity index (χ0) is 8.53. The minimum absolute atomic E-state index is 0.0337. The van der Waals surface area contributed by atoms with E-state index < -0.39 is 0 Å². The van der Waals surface area contributed by atoms with E-state index in [1.165, 1.54) is 7.11 Å². The zero-order valence-electron chi connectivity index (χ0n) is 7.05. The van der Waals surface area contributed by atoms with Gasteiger partial charge in [-0.25, -0.2) is 0 Å². The first-order valence-corrected chi connectivity index (χ1v) is 4.95. The van der Waals surface area contributed by atoms with E-state index in [1.54, 1.807) is 11.8 Å². The van der Waals surface area contributed by atoms with Gasteiger partial charge < -0.3 is 10.1 Å². The normalized spacial score (nSPS) is 9.64. The Labute approximate surface area is 71.9 Å². The highest BCUT2D eigenvalue weighted by atomic mass is 32.2. The summed E-state index contributed by atoms with van der Waals surface area (Å²) >= 11 is 1.78. The van der Waals surface area contributed by atoms with Gasteiger partial charge in [0, 0.05) is 13.7 Å². The van der Waals surface area contributed by atoms with Gasteiger partial charge in [-0.3, -0.25) is 4.79 Å². The fourth-order valence-corrected chi connectivity index (χ4v) is 1.06. The quantitative estimate of drug-likeness (QED) is 0.600. The highest BCUT2D eigenvalue weighted by Gasteiger charge is 1.96. The predicted octanol–water partition coefficient (Wildman–Crippen LogP) is 0.502. The molecule has 0 spiro atoms. The maximum Gasteiger partial charge on any atom is 0.245 e. The van der Waals surface area contributed by atoms with Gasteiger partial charge in [-0.2, -0.15) is 11.8 Å². The summed E-state index contributed by atoms with van der Waals surface area (Å²) < 4.78 is 4.64. The van der Waals surface area contributed by atoms with Crippen LogP contribution in [0, 0.1) is 0 Å². The Morgan fingerprint density at radius 1 is 1.64 bits per heavy atom. The average Bonchev–Trinajstić information content (AvgIpc) is 1.99. The van der Waals surface area contributed by atoms with E-state index in [-0.39, 0.29) is 12.5 Å². The van der Waals surface area contributed by atoms with E-state index in [0.29, 0.717) is 0 Å². The second kappa shape index (κ2) is 7.88. The smallest absolute Gasteiger partial charge is 0.245 e. The molecule has 0 heterocycles. The number of ether oxygens (including phenoxy) is 1. The Balaban J connectivity index is 3.04. The van der Waals surface area contributed by atoms with Crippen LogP contribution in [0.2, 0.25) is 0 Å². The summed E-state index contributed by atoms with van der Waals surface area (Å²) in [5.41, 5.74) is 0. The first-order chi connectivity index (χ1) is 5.31. The molecular weight excluding hydrogens is 162 g/mol. The summed E-state index contributed by atoms with van der Waals surface area (Å²) in [5, 5.41) is 2.74. The molecule has 3 nitrogen and oxygen atoms in total. The van der Waals surface area contributed by atoms with Crippen molar-refractivity contribution >= 4 is 17.7 Å². The van der Waals surface area contributed by atoms with Gasteiger partial charge in [0.05, 0.1) is 0 Å². The minimum atomic E-state index is -0.0337. The molecule has 0 saturated heterocycles. The Hall–Kier alpha value is -0.220. The number of amides is 1. The number of hydrogen-bond acceptors (Lipinski definition) is 3. The molecule has 0 radical (unpaired) electrons. The molecule has 0 saturated carbocycles. The van der Waals surface area contributed by atoms with Crippen molar-refractivity contribution in [2.45, 2.75) is 6.42 Å². The molecule has 66 valence electrons. The van der Waals surface area contributed by atoms with E-state index >= 15 is 0 Å². The molecule has 0 aromatic carbocycles. The summed E-state index contributed by atoms with van der Waals surface area (Å²) in [6, 6.07) is 0. The van der Waals surface area contributed by atoms with Gasteiger partial charge in [-0.1, -0.05) is 0 Å². The monoisotopic (exact) mass is 177 g/mol. The van der Waals surface area contributed by atoms with Crippen LogP contribution in [0.3, 0.4) is 0 Å². The molecule has 0 rings (SSSR count). The summed E-state index contributed by atoms with van der Waals surface area (Å²) in [7, 11) is 1.52. The van der Waals surface area contributed by atoms with Gasteiger partial charge in [0.1, 0.15) is 6.61 Å². The minimum Gasteiger partial charge on any atom is -0.375 e. The SMILES string of the molecule is COCC(=O)NCCCSC. The number of thioether (sulfide) groups is 1. The Bertz CT molecular complexity index is 109. The second-order valence-electron chi connectivity index (χ2n) is 2.13. The molecule has 0 aromatic heterocycles. The van der Waals surface area contributed by atoms with Crippen molar-refractivity contribution in [3.05, 3.63) is 0 Å². The first kappa shape index (κ1) is 10.8. The fraction of sp³-hybridized carbons (Fsp3) is 0.857. The Morgan fingerprint density at radius 3 is 2.91 bits per heavy atom. The lowest BCUT2D eigenvalue weighted by atomic mass is 10.4. The molecule has 0 bridgehead atoms. The highest BCUT2D eigenvalue weighted by Crippen LogP contribution is 1.92. The molecule has 1 amide bonds. The lowest BCUT2D eigenvalue weighted by molar-refractivity contribution is -0.124. The Kier molecular flexibility index (Phi) is 7.72. The molecule has 0 aromatic rings. The van der Waals surface area contributed by atoms with Crippen LogP contribution in [-0.2, 0) is 9.53 Å². The largest absolute Gasteiger partial charge is 0.375 e. The zero-order valence-corrected chi connectivity index (χ0v) is 7.87. The third kappa shape index (κ3) is 7.68. The summed E-state index contributed by atoms with van der Waals surface area (Å²) in [4.78, 5) is 10.8. The molecular formula is C7H15NO2S. The van der Waals surface area contributed by atoms with E-state index in [0.717, 1.165) is 18.7 Å². The van der Waals surface area contributed by atoms with Gasteiger partial charge in [0.15, 0.2) is 0 Å². The van der Waals surface area contributed by atoms with Crippen molar-refractivity contribution in [2.75, 3.05) is 32.3 Å². The van der Waals surface area contributed by atoms with Crippen molar-refractivity contribution < 1.29 is 9.53 Å². The van der Waals surface area contributed by atoms with Crippen LogP contribution < -0.4 is 5.32 Å². The first-order valence-electron chi connectivity index (χ1n) is 3.56. The average molecular weight is 177 g/mol. The van der Waals surface area contributed by atoms with Crippen molar-refractivity contribution in [3.63, 3.8) is 0 Å². The topological polar surface area (TPSA) is 38.3 Å². The van der Waals surface area contributed by atoms with E-state index in [2.05, 4.69) is 16.3 Å². The number of hydrogen-bond donors (Lipinski definition) is 1. The third-order valence-electron chi connectivity index (χ3n) is 1.12. The molecule has 1 N–H and O–H groups in total. The van der Waals surface area contributed by atoms with Crippen LogP contribution in [-0.4, -0.2) is 38.2 Å². The van der Waals surface area contributed by atoms with Crippen LogP contribution in [0.15, 0.2) is 0 Å². The van der Waals surface area contributed by atoms with Gasteiger partial charge in [0.2, 0.25) is 5.91 Å². The molecule has 11 heavy (non-hydrogen) atoms. The predicted molar refractivity (Wildman–Crippen MR) is 47.9 cm³/mol. The van der Waals surface area contributed by atoms with E-state index in [9.17, 15) is 4.79 Å². The molecule has 0 aliphatic heterocycles. The van der Waals surface area contributed by atoms with E-state index in [4.69, 9.17) is 0 Å². The number of rotatable bonds is 6. The number of methoxy groups -OCH3 is 1. The van der Waals surface area contributed by atoms with Crippen LogP contribution in [0.5, 0.6) is 0 Å². The maximum atomic E-state index is 10.8. The summed E-state index contributed by atoms with van der Waals surface area (Å²) in [6.07, 6.45) is 3.08. The second-order valence-corrected chi connectivity index (χ2v) is 3.11. The lowest BCUT2D eigenvalue weighted by Gasteiger charge is -2.02. The number of carbonyl (C=O) groups excluding carboxylic acids is 1. The van der Waals surface area contributed by atoms with Crippen LogP contribution >= 0.6 is 11.8 Å². The van der Waals surface area contributed by atoms with E-state index in [1.807, 2.05) is 0 Å². The lowest BCUT2D eigenvalue weighted by Crippen LogP contribution is -2.28. The molecule has 0 unspecified atom stereocenters. The molecule has 0 aliphatic carbocycles. The third-order valence-corrected chi connectivity index (χ3v) is 1.82. The summed E-state index contributed by atoms with van der Waals surface area (Å²) in [6.45, 7) is 0.919. The van der Waals surface area contributed by atoms with Gasteiger partial charge in [0.25, 0.3) is 0 Å². The fourth-order valence-electron chi connectivity index (χ4n) is 0.626. The standard InChI is InChI=1S/C7H15NO2S/c1-10-6-7(9)8-4-3-5-11-2/h3-6H2,1-2H3,(H,8,9). The van der Waals surface area contributed by atoms with Gasteiger partial charge in [-0.05, 0) is 18.4 Å². The Morgan fingerprint density at radius 2 is 2.36 bits per heavy atom. The van der Waals surface area contributed by atoms with Crippen molar-refractivity contribution in [2.24, 2.45) is 0 Å². The number of carbonyl (C=O) groups is 1. The van der Waals surface area contributed by atoms with Gasteiger partial charge >= 0.3 is 0 Å².